The van der Waals surface area contributed by atoms with Gasteiger partial charge in [0, 0.05) is 30.0 Å². The predicted octanol–water partition coefficient (Wildman–Crippen LogP) is 5.99. The van der Waals surface area contributed by atoms with Gasteiger partial charge in [0.2, 0.25) is 0 Å². The molecule has 2 fully saturated rings. The van der Waals surface area contributed by atoms with Crippen LogP contribution in [-0.4, -0.2) is 36.5 Å². The molecule has 3 aromatic rings. The van der Waals surface area contributed by atoms with Gasteiger partial charge in [0.25, 0.3) is 11.7 Å². The number of carbonyl (C=O) groups excluding carboxylic acids is 2. The lowest BCUT2D eigenvalue weighted by atomic mass is 9.99. The Morgan fingerprint density at radius 2 is 1.73 bits per heavy atom. The van der Waals surface area contributed by atoms with Gasteiger partial charge in [0.05, 0.1) is 12.2 Å². The minimum atomic E-state index is -0.894. The van der Waals surface area contributed by atoms with Crippen molar-refractivity contribution in [3.8, 4) is 5.75 Å². The molecular formula is C30H32N2O5. The first kappa shape index (κ1) is 24.7. The van der Waals surface area contributed by atoms with Crippen molar-refractivity contribution >= 4 is 28.8 Å². The number of aliphatic hydroxyl groups is 1. The number of rotatable bonds is 7. The molecule has 2 aliphatic heterocycles. The highest BCUT2D eigenvalue weighted by molar-refractivity contribution is 6.51. The molecule has 0 radical (unpaired) electrons. The molecule has 7 heteroatoms. The van der Waals surface area contributed by atoms with Crippen LogP contribution in [0.2, 0.25) is 0 Å². The molecule has 2 aromatic carbocycles. The summed E-state index contributed by atoms with van der Waals surface area (Å²) in [5.41, 5.74) is 2.06. The molecule has 0 aliphatic carbocycles. The molecule has 3 heterocycles. The fourth-order valence-corrected chi connectivity index (χ4v) is 5.05. The van der Waals surface area contributed by atoms with Crippen LogP contribution in [0.25, 0.3) is 5.76 Å². The number of aliphatic hydroxyl groups excluding tert-OH is 1. The van der Waals surface area contributed by atoms with Crippen LogP contribution in [0.4, 0.5) is 11.4 Å². The van der Waals surface area contributed by atoms with Crippen molar-refractivity contribution in [1.29, 1.82) is 0 Å². The summed E-state index contributed by atoms with van der Waals surface area (Å²) in [6.07, 6.45) is 4.42. The van der Waals surface area contributed by atoms with Crippen molar-refractivity contribution in [1.82, 2.24) is 0 Å². The van der Waals surface area contributed by atoms with E-state index in [0.29, 0.717) is 35.1 Å². The molecule has 1 N–H and O–H groups in total. The third-order valence-electron chi connectivity index (χ3n) is 6.90. The van der Waals surface area contributed by atoms with Gasteiger partial charge in [0.15, 0.2) is 0 Å². The molecule has 0 bridgehead atoms. The lowest BCUT2D eigenvalue weighted by Crippen LogP contribution is -2.30. The average Bonchev–Trinajstić information content (AvgIpc) is 3.48. The second-order valence-corrected chi connectivity index (χ2v) is 9.56. The molecule has 1 atom stereocenters. The molecule has 2 saturated heterocycles. The zero-order valence-electron chi connectivity index (χ0n) is 21.3. The molecule has 37 heavy (non-hydrogen) atoms. The molecule has 1 amide bonds. The lowest BCUT2D eigenvalue weighted by Gasteiger charge is -2.29. The number of benzene rings is 2. The number of carbonyl (C=O) groups is 2. The van der Waals surface area contributed by atoms with Crippen LogP contribution < -0.4 is 14.5 Å². The Balaban J connectivity index is 1.56. The molecule has 0 spiro atoms. The fourth-order valence-electron chi connectivity index (χ4n) is 5.05. The van der Waals surface area contributed by atoms with Gasteiger partial charge in [-0.25, -0.2) is 0 Å². The molecule has 0 saturated carbocycles. The number of ether oxygens (including phenoxy) is 1. The van der Waals surface area contributed by atoms with Crippen molar-refractivity contribution in [2.45, 2.75) is 45.6 Å². The number of ketones is 1. The molecule has 1 aromatic heterocycles. The second kappa shape index (κ2) is 10.5. The minimum absolute atomic E-state index is 0.00732. The molecular weight excluding hydrogens is 468 g/mol. The molecule has 1 unspecified atom stereocenters. The van der Waals surface area contributed by atoms with Gasteiger partial charge in [-0.1, -0.05) is 19.1 Å². The maximum Gasteiger partial charge on any atom is 0.300 e. The maximum atomic E-state index is 13.4. The molecule has 5 rings (SSSR count). The highest BCUT2D eigenvalue weighted by atomic mass is 16.5. The van der Waals surface area contributed by atoms with Gasteiger partial charge >= 0.3 is 0 Å². The van der Waals surface area contributed by atoms with E-state index in [0.717, 1.165) is 25.2 Å². The number of aryl methyl sites for hydroxylation is 1. The van der Waals surface area contributed by atoms with Gasteiger partial charge < -0.3 is 19.2 Å². The summed E-state index contributed by atoms with van der Waals surface area (Å²) in [6.45, 7) is 6.37. The number of Topliss-reactive ketones (excluding diaryl/α,β-unsaturated/α-hetero) is 1. The van der Waals surface area contributed by atoms with Crippen molar-refractivity contribution in [2.24, 2.45) is 0 Å². The van der Waals surface area contributed by atoms with E-state index < -0.39 is 17.7 Å². The number of piperidine rings is 1. The number of hydrogen-bond donors (Lipinski definition) is 1. The third-order valence-corrected chi connectivity index (χ3v) is 6.90. The van der Waals surface area contributed by atoms with Gasteiger partial charge in [-0.2, -0.15) is 0 Å². The zero-order valence-corrected chi connectivity index (χ0v) is 21.3. The number of amides is 1. The summed E-state index contributed by atoms with van der Waals surface area (Å²) in [6, 6.07) is 17.2. The van der Waals surface area contributed by atoms with Crippen LogP contribution in [0.15, 0.2) is 70.7 Å². The van der Waals surface area contributed by atoms with Gasteiger partial charge in [-0.3, -0.25) is 14.5 Å². The smallest absolute Gasteiger partial charge is 0.300 e. The second-order valence-electron chi connectivity index (χ2n) is 9.56. The van der Waals surface area contributed by atoms with Gasteiger partial charge in [-0.15, -0.1) is 0 Å². The quantitative estimate of drug-likeness (QED) is 0.244. The summed E-state index contributed by atoms with van der Waals surface area (Å²) in [5, 5.41) is 11.4. The minimum Gasteiger partial charge on any atom is -0.507 e. The normalized spacial score (nSPS) is 19.5. The lowest BCUT2D eigenvalue weighted by molar-refractivity contribution is -0.132. The largest absolute Gasteiger partial charge is 0.507 e. The van der Waals surface area contributed by atoms with Crippen LogP contribution in [0.1, 0.15) is 55.7 Å². The van der Waals surface area contributed by atoms with E-state index in [2.05, 4.69) is 4.90 Å². The van der Waals surface area contributed by atoms with Crippen molar-refractivity contribution in [2.75, 3.05) is 29.5 Å². The summed E-state index contributed by atoms with van der Waals surface area (Å²) >= 11 is 0. The Morgan fingerprint density at radius 1 is 1.00 bits per heavy atom. The Kier molecular flexibility index (Phi) is 7.04. The first-order chi connectivity index (χ1) is 18.0. The van der Waals surface area contributed by atoms with E-state index >= 15 is 0 Å². The predicted molar refractivity (Wildman–Crippen MR) is 143 cm³/mol. The Hall–Kier alpha value is -4.00. The van der Waals surface area contributed by atoms with Crippen LogP contribution >= 0.6 is 0 Å². The Morgan fingerprint density at radius 3 is 2.41 bits per heavy atom. The zero-order chi connectivity index (χ0) is 25.9. The average molecular weight is 501 g/mol. The first-order valence-corrected chi connectivity index (χ1v) is 12.9. The van der Waals surface area contributed by atoms with E-state index in [1.54, 1.807) is 43.3 Å². The fraction of sp³-hybridized carbons (Fsp3) is 0.333. The topological polar surface area (TPSA) is 83.2 Å². The van der Waals surface area contributed by atoms with E-state index in [4.69, 9.17) is 9.15 Å². The SMILES string of the molecule is CCCOc1cccc(/C(O)=C2/C(=O)C(=O)N(c3ccc(N4CCCCC4)cc3)C2c2ccc(C)o2)c1. The van der Waals surface area contributed by atoms with Crippen molar-refractivity contribution < 1.29 is 23.8 Å². The first-order valence-electron chi connectivity index (χ1n) is 12.9. The van der Waals surface area contributed by atoms with Crippen LogP contribution in [0.3, 0.4) is 0 Å². The third kappa shape index (κ3) is 4.86. The van der Waals surface area contributed by atoms with E-state index in [1.165, 1.54) is 24.2 Å². The summed E-state index contributed by atoms with van der Waals surface area (Å²) < 4.78 is 11.6. The Bertz CT molecular complexity index is 1320. The number of hydrogen-bond acceptors (Lipinski definition) is 6. The summed E-state index contributed by atoms with van der Waals surface area (Å²) in [7, 11) is 0. The molecule has 2 aliphatic rings. The number of anilines is 2. The highest BCUT2D eigenvalue weighted by Gasteiger charge is 2.48. The molecule has 192 valence electrons. The van der Waals surface area contributed by atoms with Crippen LogP contribution in [0.5, 0.6) is 5.75 Å². The number of furan rings is 1. The van der Waals surface area contributed by atoms with Crippen LogP contribution in [0, 0.1) is 6.92 Å². The monoisotopic (exact) mass is 500 g/mol. The number of nitrogens with zero attached hydrogens (tertiary/aromatic N) is 2. The Labute approximate surface area is 216 Å². The van der Waals surface area contributed by atoms with E-state index in [1.807, 2.05) is 31.2 Å². The van der Waals surface area contributed by atoms with Gasteiger partial charge in [0.1, 0.15) is 29.1 Å². The van der Waals surface area contributed by atoms with E-state index in [9.17, 15) is 14.7 Å². The maximum absolute atomic E-state index is 13.4. The molecule has 7 nitrogen and oxygen atoms in total. The van der Waals surface area contributed by atoms with Gasteiger partial charge in [-0.05, 0) is 81.1 Å². The standard InChI is InChI=1S/C30H32N2O5/c1-3-18-36-24-9-7-8-21(19-24)28(33)26-27(25-15-10-20(2)37-25)32(30(35)29(26)34)23-13-11-22(12-14-23)31-16-5-4-6-17-31/h7-15,19,27,33H,3-6,16-18H2,1-2H3/b28-26-. The highest BCUT2D eigenvalue weighted by Crippen LogP contribution is 2.43. The van der Waals surface area contributed by atoms with Crippen LogP contribution in [-0.2, 0) is 9.59 Å². The van der Waals surface area contributed by atoms with E-state index in [-0.39, 0.29) is 11.3 Å². The summed E-state index contributed by atoms with van der Waals surface area (Å²) in [4.78, 5) is 30.5. The van der Waals surface area contributed by atoms with Crippen molar-refractivity contribution in [3.05, 3.63) is 83.3 Å². The van der Waals surface area contributed by atoms with Crippen molar-refractivity contribution in [3.63, 3.8) is 0 Å². The summed E-state index contributed by atoms with van der Waals surface area (Å²) in [5.74, 6) is -0.0698.